The van der Waals surface area contributed by atoms with Gasteiger partial charge in [-0.15, -0.1) is 0 Å². The molecule has 0 saturated carbocycles. The van der Waals surface area contributed by atoms with Crippen molar-refractivity contribution >= 4 is 35.9 Å². The van der Waals surface area contributed by atoms with Gasteiger partial charge in [0.2, 0.25) is 6.41 Å². The third kappa shape index (κ3) is 11.1. The zero-order valence-electron chi connectivity index (χ0n) is 33.4. The summed E-state index contributed by atoms with van der Waals surface area (Å²) >= 11 is 0. The molecule has 0 spiro atoms. The summed E-state index contributed by atoms with van der Waals surface area (Å²) in [7, 11) is 1.88. The van der Waals surface area contributed by atoms with E-state index in [9.17, 15) is 24.3 Å². The molecule has 0 unspecified atom stereocenters. The average molecular weight is 771 g/mol. The van der Waals surface area contributed by atoms with Gasteiger partial charge in [0.25, 0.3) is 5.91 Å². The van der Waals surface area contributed by atoms with E-state index in [0.717, 1.165) is 48.9 Å². The fraction of sp³-hybridized carbons (Fsp3) is 0.512. The molecule has 2 fully saturated rings. The van der Waals surface area contributed by atoms with Crippen molar-refractivity contribution in [3.63, 3.8) is 0 Å². The summed E-state index contributed by atoms with van der Waals surface area (Å²) in [5.74, 6) is 0.235. The van der Waals surface area contributed by atoms with Crippen LogP contribution in [-0.2, 0) is 31.9 Å². The number of unbranched alkanes of at least 4 members (excludes halogenated alkanes) is 3. The fourth-order valence-electron chi connectivity index (χ4n) is 7.52. The van der Waals surface area contributed by atoms with Crippen LogP contribution in [0.3, 0.4) is 0 Å². The molecule has 3 heterocycles. The molecule has 2 aromatic carbocycles. The Morgan fingerprint density at radius 3 is 2.32 bits per heavy atom. The minimum atomic E-state index is -1.07. The second-order valence-corrected chi connectivity index (χ2v) is 14.8. The second-order valence-electron chi connectivity index (χ2n) is 14.8. The number of likely N-dealkylation sites (tertiary alicyclic amines) is 1. The Labute approximate surface area is 330 Å². The number of nitrogens with one attached hydrogen (secondary N) is 1. The minimum absolute atomic E-state index is 0.00481. The number of hydrogen-bond donors (Lipinski definition) is 2. The summed E-state index contributed by atoms with van der Waals surface area (Å²) in [6.45, 7) is 9.34. The zero-order chi connectivity index (χ0) is 40.0. The van der Waals surface area contributed by atoms with E-state index in [2.05, 4.69) is 28.2 Å². The SMILES string of the molecule is CCCCCCOC(=O)c1ccc(N2CCN(C(=O)[C@@H](Cc3cc(C)c(O)c(C)c3)OC(=O)N3CCC(N(C=O)CCc4ccccc4NC)CC3)CC2)nc1. The summed E-state index contributed by atoms with van der Waals surface area (Å²) < 4.78 is 11.4. The van der Waals surface area contributed by atoms with Gasteiger partial charge >= 0.3 is 12.1 Å². The molecule has 3 amide bonds. The van der Waals surface area contributed by atoms with E-state index < -0.39 is 12.2 Å². The van der Waals surface area contributed by atoms with Gasteiger partial charge in [-0.25, -0.2) is 14.6 Å². The van der Waals surface area contributed by atoms with Crippen LogP contribution in [0.25, 0.3) is 0 Å². The van der Waals surface area contributed by atoms with Crippen LogP contribution in [0.2, 0.25) is 0 Å². The number of esters is 1. The molecule has 2 N–H and O–H groups in total. The molecule has 2 saturated heterocycles. The van der Waals surface area contributed by atoms with Gasteiger partial charge in [-0.3, -0.25) is 9.59 Å². The van der Waals surface area contributed by atoms with Gasteiger partial charge in [0, 0.05) is 77.2 Å². The first-order chi connectivity index (χ1) is 27.1. The van der Waals surface area contributed by atoms with Crippen LogP contribution in [0.4, 0.5) is 16.3 Å². The molecule has 13 nitrogen and oxygen atoms in total. The average Bonchev–Trinajstić information content (AvgIpc) is 3.22. The Morgan fingerprint density at radius 2 is 1.68 bits per heavy atom. The summed E-state index contributed by atoms with van der Waals surface area (Å²) in [5.41, 5.74) is 4.72. The number of nitrogens with zero attached hydrogens (tertiary/aromatic N) is 5. The van der Waals surface area contributed by atoms with E-state index >= 15 is 0 Å². The monoisotopic (exact) mass is 770 g/mol. The number of aromatic hydroxyl groups is 1. The standard InChI is InChI=1S/C43H58N6O7/c1-5-6-7-10-25-55-42(53)35-13-14-39(45-29-35)46-21-23-47(24-22-46)41(52)38(28-33-26-31(2)40(51)32(3)27-33)56-43(54)48-19-16-36(17-20-48)49(30-50)18-15-34-11-8-9-12-37(34)44-4/h8-9,11-14,26-27,29-30,36,38,44,51H,5-7,10,15-25,28H2,1-4H3/t38-/m1/s1. The van der Waals surface area contributed by atoms with Crippen LogP contribution in [0.5, 0.6) is 5.75 Å². The molecule has 5 rings (SSSR count). The number of aromatic nitrogens is 1. The topological polar surface area (TPSA) is 145 Å². The second kappa shape index (κ2) is 20.5. The molecule has 56 heavy (non-hydrogen) atoms. The normalized spacial score (nSPS) is 15.2. The lowest BCUT2D eigenvalue weighted by Crippen LogP contribution is -2.53. The first kappa shape index (κ1) is 41.8. The summed E-state index contributed by atoms with van der Waals surface area (Å²) in [4.78, 5) is 64.1. The molecule has 0 radical (unpaired) electrons. The highest BCUT2D eigenvalue weighted by atomic mass is 16.6. The van der Waals surface area contributed by atoms with E-state index in [1.807, 2.05) is 42.3 Å². The van der Waals surface area contributed by atoms with Gasteiger partial charge in [-0.2, -0.15) is 0 Å². The number of hydrogen-bond acceptors (Lipinski definition) is 10. The molecule has 3 aromatic rings. The molecule has 2 aliphatic rings. The number of ether oxygens (including phenoxy) is 2. The number of phenolic OH excluding ortho intramolecular Hbond substituents is 1. The van der Waals surface area contributed by atoms with Crippen LogP contribution >= 0.6 is 0 Å². The Kier molecular flexibility index (Phi) is 15.3. The number of carbonyl (C=O) groups excluding carboxylic acids is 4. The van der Waals surface area contributed by atoms with Crippen LogP contribution in [0.15, 0.2) is 54.7 Å². The maximum absolute atomic E-state index is 14.1. The van der Waals surface area contributed by atoms with Crippen LogP contribution in [0.1, 0.15) is 78.1 Å². The number of aryl methyl sites for hydroxylation is 2. The van der Waals surface area contributed by atoms with Crippen molar-refractivity contribution in [3.05, 3.63) is 82.5 Å². The summed E-state index contributed by atoms with van der Waals surface area (Å²) in [6, 6.07) is 15.2. The largest absolute Gasteiger partial charge is 0.507 e. The number of para-hydroxylation sites is 1. The van der Waals surface area contributed by atoms with Gasteiger partial charge in [-0.05, 0) is 80.0 Å². The number of anilines is 2. The Morgan fingerprint density at radius 1 is 0.964 bits per heavy atom. The van der Waals surface area contributed by atoms with Crippen LogP contribution in [0, 0.1) is 13.8 Å². The van der Waals surface area contributed by atoms with Crippen molar-refractivity contribution in [1.82, 2.24) is 19.7 Å². The highest BCUT2D eigenvalue weighted by Crippen LogP contribution is 2.26. The van der Waals surface area contributed by atoms with Crippen molar-refractivity contribution in [2.75, 3.05) is 69.7 Å². The van der Waals surface area contributed by atoms with Gasteiger partial charge in [0.05, 0.1) is 12.2 Å². The molecular formula is C43H58N6O7. The lowest BCUT2D eigenvalue weighted by Gasteiger charge is -2.38. The van der Waals surface area contributed by atoms with E-state index in [-0.39, 0.29) is 30.1 Å². The maximum atomic E-state index is 14.1. The first-order valence-corrected chi connectivity index (χ1v) is 20.0. The quantitative estimate of drug-likeness (QED) is 0.0990. The fourth-order valence-corrected chi connectivity index (χ4v) is 7.52. The number of amides is 3. The van der Waals surface area contributed by atoms with Crippen molar-refractivity contribution in [1.29, 1.82) is 0 Å². The molecular weight excluding hydrogens is 713 g/mol. The number of rotatable bonds is 17. The van der Waals surface area contributed by atoms with Crippen molar-refractivity contribution in [3.8, 4) is 5.75 Å². The number of benzene rings is 2. The number of phenols is 1. The van der Waals surface area contributed by atoms with Gasteiger partial charge < -0.3 is 39.5 Å². The highest BCUT2D eigenvalue weighted by Gasteiger charge is 2.34. The molecule has 13 heteroatoms. The summed E-state index contributed by atoms with van der Waals surface area (Å²) in [5, 5.41) is 13.6. The predicted octanol–water partition coefficient (Wildman–Crippen LogP) is 5.74. The Balaban J connectivity index is 1.17. The number of piperazine rings is 1. The lowest BCUT2D eigenvalue weighted by atomic mass is 10.0. The van der Waals surface area contributed by atoms with Crippen LogP contribution < -0.4 is 10.2 Å². The third-order valence-corrected chi connectivity index (χ3v) is 10.9. The Bertz CT molecular complexity index is 1750. The number of carbonyl (C=O) groups is 4. The zero-order valence-corrected chi connectivity index (χ0v) is 33.4. The third-order valence-electron chi connectivity index (χ3n) is 10.9. The van der Waals surface area contributed by atoms with E-state index in [1.165, 1.54) is 6.20 Å². The van der Waals surface area contributed by atoms with Crippen molar-refractivity contribution in [2.24, 2.45) is 0 Å². The summed E-state index contributed by atoms with van der Waals surface area (Å²) in [6.07, 6.45) is 7.00. The minimum Gasteiger partial charge on any atom is -0.507 e. The molecule has 0 aliphatic carbocycles. The van der Waals surface area contributed by atoms with E-state index in [1.54, 1.807) is 35.8 Å². The van der Waals surface area contributed by atoms with Gasteiger partial charge in [0.15, 0.2) is 6.10 Å². The number of piperidine rings is 1. The van der Waals surface area contributed by atoms with E-state index in [0.29, 0.717) is 94.2 Å². The van der Waals surface area contributed by atoms with Crippen molar-refractivity contribution < 1.29 is 33.8 Å². The molecule has 1 atom stereocenters. The van der Waals surface area contributed by atoms with Gasteiger partial charge in [0.1, 0.15) is 11.6 Å². The smallest absolute Gasteiger partial charge is 0.410 e. The molecule has 0 bridgehead atoms. The molecule has 1 aromatic heterocycles. The van der Waals surface area contributed by atoms with Gasteiger partial charge in [-0.1, -0.05) is 56.5 Å². The number of pyridine rings is 1. The highest BCUT2D eigenvalue weighted by molar-refractivity contribution is 5.89. The predicted molar refractivity (Wildman–Crippen MR) is 216 cm³/mol. The first-order valence-electron chi connectivity index (χ1n) is 20.0. The van der Waals surface area contributed by atoms with Crippen molar-refractivity contribution in [2.45, 2.75) is 84.3 Å². The van der Waals surface area contributed by atoms with Crippen LogP contribution in [-0.4, -0.2) is 121 Å². The maximum Gasteiger partial charge on any atom is 0.410 e. The molecule has 2 aliphatic heterocycles. The van der Waals surface area contributed by atoms with E-state index in [4.69, 9.17) is 9.47 Å². The lowest BCUT2D eigenvalue weighted by molar-refractivity contribution is -0.141. The Hall–Kier alpha value is -5.33. The molecule has 302 valence electrons.